The number of benzene rings is 1. The van der Waals surface area contributed by atoms with Crippen molar-refractivity contribution in [3.8, 4) is 0 Å². The van der Waals surface area contributed by atoms with E-state index in [1.54, 1.807) is 24.4 Å². The van der Waals surface area contributed by atoms with E-state index in [1.165, 1.54) is 4.57 Å². The Kier molecular flexibility index (Phi) is 5.56. The van der Waals surface area contributed by atoms with Crippen molar-refractivity contribution in [1.82, 2.24) is 8.87 Å². The standard InChI is InChI=1S/C22H27N3O5S/c23-19-5-11-25(22(19)8-9-22)31(28)18-3-1-2-17-16(18)4-10-24(20(17)26)14-30-21(27)15-6-12-29-13-7-15/h1-4,10,15,19H,5-9,11-14,23H2. The summed E-state index contributed by atoms with van der Waals surface area (Å²) in [5.74, 6) is -0.481. The van der Waals surface area contributed by atoms with E-state index in [0.29, 0.717) is 48.3 Å². The molecular weight excluding hydrogens is 418 g/mol. The molecule has 3 fully saturated rings. The van der Waals surface area contributed by atoms with Gasteiger partial charge < -0.3 is 19.8 Å². The maximum Gasteiger partial charge on any atom is 0.310 e. The molecule has 3 heterocycles. The number of pyridine rings is 1. The largest absolute Gasteiger partial charge is 0.593 e. The zero-order valence-corrected chi connectivity index (χ0v) is 18.1. The summed E-state index contributed by atoms with van der Waals surface area (Å²) < 4.78 is 27.5. The van der Waals surface area contributed by atoms with E-state index >= 15 is 0 Å². The molecule has 9 heteroatoms. The summed E-state index contributed by atoms with van der Waals surface area (Å²) in [4.78, 5) is 25.9. The first-order valence-electron chi connectivity index (χ1n) is 10.8. The van der Waals surface area contributed by atoms with Crippen LogP contribution in [-0.4, -0.2) is 50.7 Å². The van der Waals surface area contributed by atoms with Crippen LogP contribution in [0.5, 0.6) is 0 Å². The number of ether oxygens (including phenoxy) is 2. The van der Waals surface area contributed by atoms with Gasteiger partial charge in [-0.25, -0.2) is 0 Å². The molecule has 2 aromatic rings. The van der Waals surface area contributed by atoms with Crippen LogP contribution < -0.4 is 11.3 Å². The van der Waals surface area contributed by atoms with Crippen molar-refractivity contribution < 1.29 is 18.8 Å². The van der Waals surface area contributed by atoms with Gasteiger partial charge in [-0.3, -0.25) is 14.2 Å². The molecule has 1 aliphatic carbocycles. The van der Waals surface area contributed by atoms with Crippen LogP contribution in [0.2, 0.25) is 0 Å². The molecule has 5 rings (SSSR count). The number of nitrogens with zero attached hydrogens (tertiary/aromatic N) is 2. The molecule has 2 atom stereocenters. The van der Waals surface area contributed by atoms with E-state index < -0.39 is 11.4 Å². The number of nitrogens with two attached hydrogens (primary N) is 1. The van der Waals surface area contributed by atoms with Gasteiger partial charge in [-0.05, 0) is 50.3 Å². The zero-order valence-electron chi connectivity index (χ0n) is 17.3. The predicted octanol–water partition coefficient (Wildman–Crippen LogP) is 1.52. The number of esters is 1. The Balaban J connectivity index is 1.37. The smallest absolute Gasteiger partial charge is 0.310 e. The van der Waals surface area contributed by atoms with Gasteiger partial charge in [0.1, 0.15) is 0 Å². The minimum absolute atomic E-state index is 0.0501. The zero-order chi connectivity index (χ0) is 21.6. The molecule has 1 saturated carbocycles. The normalized spacial score (nSPS) is 24.5. The number of aromatic nitrogens is 1. The average molecular weight is 446 g/mol. The molecule has 8 nitrogen and oxygen atoms in total. The molecule has 2 N–H and O–H groups in total. The molecule has 0 amide bonds. The lowest BCUT2D eigenvalue weighted by Crippen LogP contribution is -2.44. The van der Waals surface area contributed by atoms with Crippen LogP contribution in [0.15, 0.2) is 40.2 Å². The van der Waals surface area contributed by atoms with Gasteiger partial charge >= 0.3 is 5.97 Å². The summed E-state index contributed by atoms with van der Waals surface area (Å²) in [6, 6.07) is 7.12. The first-order chi connectivity index (χ1) is 15.0. The van der Waals surface area contributed by atoms with Crippen molar-refractivity contribution >= 4 is 28.1 Å². The molecule has 31 heavy (non-hydrogen) atoms. The molecule has 2 saturated heterocycles. The Hall–Kier alpha value is -1.91. The average Bonchev–Trinajstić information content (AvgIpc) is 3.53. The number of fused-ring (bicyclic) bond motifs is 1. The van der Waals surface area contributed by atoms with Gasteiger partial charge in [0.15, 0.2) is 11.6 Å². The highest BCUT2D eigenvalue weighted by molar-refractivity contribution is 7.89. The van der Waals surface area contributed by atoms with Crippen molar-refractivity contribution in [2.45, 2.75) is 55.3 Å². The summed E-state index contributed by atoms with van der Waals surface area (Å²) in [6.45, 7) is 1.67. The third-order valence-electron chi connectivity index (χ3n) is 6.86. The first-order valence-corrected chi connectivity index (χ1v) is 11.9. The van der Waals surface area contributed by atoms with Crippen LogP contribution in [0.1, 0.15) is 32.1 Å². The maximum absolute atomic E-state index is 13.4. The van der Waals surface area contributed by atoms with Gasteiger partial charge in [-0.15, -0.1) is 4.31 Å². The molecule has 2 aliphatic heterocycles. The molecule has 3 aliphatic rings. The molecule has 1 aromatic carbocycles. The number of carbonyl (C=O) groups is 1. The van der Waals surface area contributed by atoms with Crippen LogP contribution in [0.3, 0.4) is 0 Å². The third kappa shape index (κ3) is 3.68. The highest BCUT2D eigenvalue weighted by Gasteiger charge is 2.61. The van der Waals surface area contributed by atoms with E-state index in [9.17, 15) is 14.1 Å². The summed E-state index contributed by atoms with van der Waals surface area (Å²) in [5.41, 5.74) is 5.85. The van der Waals surface area contributed by atoms with Gasteiger partial charge in [-0.1, -0.05) is 6.07 Å². The van der Waals surface area contributed by atoms with E-state index in [-0.39, 0.29) is 35.8 Å². The fourth-order valence-electron chi connectivity index (χ4n) is 4.78. The highest BCUT2D eigenvalue weighted by atomic mass is 32.2. The fraction of sp³-hybridized carbons (Fsp3) is 0.545. The molecule has 0 radical (unpaired) electrons. The number of hydrogen-bond donors (Lipinski definition) is 1. The molecule has 1 aromatic heterocycles. The van der Waals surface area contributed by atoms with Gasteiger partial charge in [0.25, 0.3) is 5.56 Å². The first kappa shape index (κ1) is 21.0. The lowest BCUT2D eigenvalue weighted by molar-refractivity contribution is -0.155. The number of carbonyl (C=O) groups excluding carboxylic acids is 1. The second-order valence-electron chi connectivity index (χ2n) is 8.64. The Morgan fingerprint density at radius 3 is 2.74 bits per heavy atom. The van der Waals surface area contributed by atoms with Gasteiger partial charge in [0.2, 0.25) is 0 Å². The van der Waals surface area contributed by atoms with Crippen LogP contribution in [0.4, 0.5) is 0 Å². The minimum atomic E-state index is -1.38. The SMILES string of the molecule is NC1CCN([S+]([O-])c2cccc3c(=O)n(COC(=O)C4CCOCC4)ccc23)C12CC2. The third-order valence-corrected chi connectivity index (χ3v) is 8.54. The van der Waals surface area contributed by atoms with E-state index in [1.807, 2.05) is 10.4 Å². The summed E-state index contributed by atoms with van der Waals surface area (Å²) in [7, 11) is 0. The summed E-state index contributed by atoms with van der Waals surface area (Å²) >= 11 is -1.38. The van der Waals surface area contributed by atoms with E-state index in [0.717, 1.165) is 19.3 Å². The lowest BCUT2D eigenvalue weighted by Gasteiger charge is -2.27. The van der Waals surface area contributed by atoms with Gasteiger partial charge in [0.05, 0.1) is 28.2 Å². The van der Waals surface area contributed by atoms with Gasteiger partial charge in [0, 0.05) is 37.4 Å². The molecule has 0 bridgehead atoms. The second-order valence-corrected chi connectivity index (χ2v) is 10.0. The molecule has 166 valence electrons. The van der Waals surface area contributed by atoms with Crippen molar-refractivity contribution in [3.05, 3.63) is 40.8 Å². The van der Waals surface area contributed by atoms with Crippen LogP contribution in [0, 0.1) is 5.92 Å². The van der Waals surface area contributed by atoms with E-state index in [4.69, 9.17) is 15.2 Å². The highest BCUT2D eigenvalue weighted by Crippen LogP contribution is 2.51. The Morgan fingerprint density at radius 2 is 2.00 bits per heavy atom. The Morgan fingerprint density at radius 1 is 1.23 bits per heavy atom. The van der Waals surface area contributed by atoms with Gasteiger partial charge in [-0.2, -0.15) is 0 Å². The maximum atomic E-state index is 13.4. The minimum Gasteiger partial charge on any atom is -0.593 e. The van der Waals surface area contributed by atoms with Crippen molar-refractivity contribution in [3.63, 3.8) is 0 Å². The van der Waals surface area contributed by atoms with Crippen molar-refractivity contribution in [2.75, 3.05) is 19.8 Å². The monoisotopic (exact) mass is 445 g/mol. The fourth-order valence-corrected chi connectivity index (χ4v) is 6.49. The predicted molar refractivity (Wildman–Crippen MR) is 116 cm³/mol. The second kappa shape index (κ2) is 8.22. The topological polar surface area (TPSA) is 110 Å². The van der Waals surface area contributed by atoms with Crippen LogP contribution in [-0.2, 0) is 32.4 Å². The van der Waals surface area contributed by atoms with Crippen LogP contribution >= 0.6 is 0 Å². The molecular formula is C22H27N3O5S. The van der Waals surface area contributed by atoms with Crippen LogP contribution in [0.25, 0.3) is 10.8 Å². The Labute approximate surface area is 183 Å². The summed E-state index contributed by atoms with van der Waals surface area (Å²) in [5, 5.41) is 1.12. The number of rotatable bonds is 5. The molecule has 2 unspecified atom stereocenters. The van der Waals surface area contributed by atoms with E-state index in [2.05, 4.69) is 0 Å². The Bertz CT molecular complexity index is 1050. The van der Waals surface area contributed by atoms with Crippen molar-refractivity contribution in [1.29, 1.82) is 0 Å². The lowest BCUT2D eigenvalue weighted by atomic mass is 10.0. The quantitative estimate of drug-likeness (QED) is 0.549. The summed E-state index contributed by atoms with van der Waals surface area (Å²) in [6.07, 6.45) is 5.66. The van der Waals surface area contributed by atoms with Crippen molar-refractivity contribution in [2.24, 2.45) is 11.7 Å². The number of hydrogen-bond acceptors (Lipinski definition) is 7. The molecule has 1 spiro atoms.